The van der Waals surface area contributed by atoms with Gasteiger partial charge in [0.1, 0.15) is 0 Å². The Hall–Kier alpha value is -3.19. The number of pyridine rings is 1. The molecule has 2 aliphatic carbocycles. The normalized spacial score (nSPS) is 21.5. The van der Waals surface area contributed by atoms with Crippen molar-refractivity contribution in [3.05, 3.63) is 120 Å². The molecule has 1 spiro atoms. The van der Waals surface area contributed by atoms with Crippen LogP contribution in [0.2, 0.25) is 0 Å². The van der Waals surface area contributed by atoms with Gasteiger partial charge in [0.05, 0.1) is 5.52 Å². The molecule has 0 bridgehead atoms. The van der Waals surface area contributed by atoms with E-state index in [1.54, 1.807) is 0 Å². The smallest absolute Gasteiger partial charge is 0.0708 e. The predicted molar refractivity (Wildman–Crippen MR) is 138 cm³/mol. The maximum atomic E-state index is 4.58. The van der Waals surface area contributed by atoms with Gasteiger partial charge in [-0.05, 0) is 90.2 Å². The van der Waals surface area contributed by atoms with Crippen molar-refractivity contribution >= 4 is 16.5 Å². The molecule has 0 N–H and O–H groups in total. The van der Waals surface area contributed by atoms with Crippen molar-refractivity contribution < 1.29 is 0 Å². The Morgan fingerprint density at radius 2 is 1.33 bits per heavy atom. The molecule has 0 aliphatic heterocycles. The Morgan fingerprint density at radius 3 is 1.94 bits per heavy atom. The number of allylic oxidation sites excluding steroid dienone is 2. The lowest BCUT2D eigenvalue weighted by Gasteiger charge is -2.62. The Balaban J connectivity index is 1.34. The monoisotopic (exact) mass is 429 g/mol. The molecule has 1 heterocycles. The largest absolute Gasteiger partial charge is 0.256 e. The first-order valence-corrected chi connectivity index (χ1v) is 12.4. The number of fused-ring (bicyclic) bond motifs is 1. The number of nitrogens with zero attached hydrogens (tertiary/aromatic N) is 1. The highest BCUT2D eigenvalue weighted by Crippen LogP contribution is 2.66. The summed E-state index contributed by atoms with van der Waals surface area (Å²) in [6, 6.07) is 33.2. The van der Waals surface area contributed by atoms with Gasteiger partial charge in [0, 0.05) is 11.6 Å². The third kappa shape index (κ3) is 3.60. The zero-order valence-corrected chi connectivity index (χ0v) is 19.2. The van der Waals surface area contributed by atoms with Crippen LogP contribution in [0.5, 0.6) is 0 Å². The van der Waals surface area contributed by atoms with Crippen LogP contribution in [0.15, 0.2) is 103 Å². The third-order valence-corrected chi connectivity index (χ3v) is 8.58. The molecule has 1 saturated carbocycles. The van der Waals surface area contributed by atoms with E-state index in [0.29, 0.717) is 10.8 Å². The predicted octanol–water partition coefficient (Wildman–Crippen LogP) is 8.05. The van der Waals surface area contributed by atoms with Gasteiger partial charge < -0.3 is 0 Å². The number of aromatic nitrogens is 1. The number of para-hydroxylation sites is 1. The molecule has 3 aromatic carbocycles. The molecule has 164 valence electrons. The number of hydrogen-bond donors (Lipinski definition) is 0. The van der Waals surface area contributed by atoms with E-state index in [9.17, 15) is 0 Å². The summed E-state index contributed by atoms with van der Waals surface area (Å²) in [4.78, 5) is 4.58. The zero-order chi connectivity index (χ0) is 22.1. The lowest BCUT2D eigenvalue weighted by molar-refractivity contribution is -0.0877. The first-order chi connectivity index (χ1) is 16.3. The Kier molecular flexibility index (Phi) is 5.14. The molecule has 1 heteroatoms. The fourth-order valence-electron chi connectivity index (χ4n) is 6.65. The molecule has 1 nitrogen and oxygen atoms in total. The Labute approximate surface area is 197 Å². The van der Waals surface area contributed by atoms with E-state index in [2.05, 4.69) is 102 Å². The van der Waals surface area contributed by atoms with Crippen LogP contribution in [0.1, 0.15) is 48.8 Å². The standard InChI is InChI=1S/C32H31N/c1-3-9-25(10-4-1)23-32(24-26-11-5-2-6-12-26)21-20-31(32)18-15-27(16-19-31)28-17-22-33-30-14-8-7-13-29(28)30/h1-15,17,22H,16,18-21,23-24H2. The highest BCUT2D eigenvalue weighted by Gasteiger charge is 2.57. The van der Waals surface area contributed by atoms with Crippen LogP contribution in [-0.4, -0.2) is 4.98 Å². The molecule has 6 rings (SSSR count). The van der Waals surface area contributed by atoms with E-state index >= 15 is 0 Å². The lowest BCUT2D eigenvalue weighted by Crippen LogP contribution is -2.54. The van der Waals surface area contributed by atoms with Crippen LogP contribution in [-0.2, 0) is 12.8 Å². The highest BCUT2D eigenvalue weighted by atomic mass is 14.6. The van der Waals surface area contributed by atoms with Crippen molar-refractivity contribution in [3.8, 4) is 0 Å². The number of benzene rings is 3. The quantitative estimate of drug-likeness (QED) is 0.313. The summed E-state index contributed by atoms with van der Waals surface area (Å²) in [5, 5.41) is 1.29. The molecule has 1 aromatic heterocycles. The second-order valence-corrected chi connectivity index (χ2v) is 10.2. The summed E-state index contributed by atoms with van der Waals surface area (Å²) >= 11 is 0. The van der Waals surface area contributed by atoms with Crippen molar-refractivity contribution in [2.75, 3.05) is 0 Å². The van der Waals surface area contributed by atoms with Crippen molar-refractivity contribution in [1.29, 1.82) is 0 Å². The fourth-order valence-corrected chi connectivity index (χ4v) is 6.65. The molecule has 4 aromatic rings. The number of rotatable bonds is 5. The van der Waals surface area contributed by atoms with Crippen molar-refractivity contribution in [3.63, 3.8) is 0 Å². The molecule has 1 fully saturated rings. The minimum absolute atomic E-state index is 0.345. The van der Waals surface area contributed by atoms with Gasteiger partial charge in [-0.1, -0.05) is 84.9 Å². The van der Waals surface area contributed by atoms with E-state index < -0.39 is 0 Å². The van der Waals surface area contributed by atoms with Crippen LogP contribution in [0.4, 0.5) is 0 Å². The van der Waals surface area contributed by atoms with Crippen molar-refractivity contribution in [2.24, 2.45) is 10.8 Å². The molecule has 0 amide bonds. The van der Waals surface area contributed by atoms with Gasteiger partial charge in [-0.25, -0.2) is 0 Å². The maximum Gasteiger partial charge on any atom is 0.0708 e. The van der Waals surface area contributed by atoms with Gasteiger partial charge in [0.25, 0.3) is 0 Å². The zero-order valence-electron chi connectivity index (χ0n) is 19.2. The molecule has 33 heavy (non-hydrogen) atoms. The number of hydrogen-bond acceptors (Lipinski definition) is 1. The van der Waals surface area contributed by atoms with Crippen LogP contribution in [0.25, 0.3) is 16.5 Å². The molecular weight excluding hydrogens is 398 g/mol. The molecule has 2 aliphatic rings. The van der Waals surface area contributed by atoms with Crippen molar-refractivity contribution in [2.45, 2.75) is 44.9 Å². The SMILES string of the molecule is C1=C(c2ccnc3ccccc23)CCC2(C1)CCC2(Cc1ccccc1)Cc1ccccc1. The summed E-state index contributed by atoms with van der Waals surface area (Å²) in [5.74, 6) is 0. The second kappa shape index (κ2) is 8.30. The van der Waals surface area contributed by atoms with Gasteiger partial charge in [-0.15, -0.1) is 0 Å². The minimum Gasteiger partial charge on any atom is -0.256 e. The summed E-state index contributed by atoms with van der Waals surface area (Å²) < 4.78 is 0. The summed E-state index contributed by atoms with van der Waals surface area (Å²) in [6.45, 7) is 0. The highest BCUT2D eigenvalue weighted by molar-refractivity contribution is 5.91. The van der Waals surface area contributed by atoms with Crippen molar-refractivity contribution in [1.82, 2.24) is 4.98 Å². The lowest BCUT2D eigenvalue weighted by atomic mass is 9.42. The second-order valence-electron chi connectivity index (χ2n) is 10.2. The van der Waals surface area contributed by atoms with E-state index in [1.165, 1.54) is 72.6 Å². The summed E-state index contributed by atoms with van der Waals surface area (Å²) in [7, 11) is 0. The topological polar surface area (TPSA) is 12.9 Å². The van der Waals surface area contributed by atoms with Crippen LogP contribution < -0.4 is 0 Å². The van der Waals surface area contributed by atoms with Crippen LogP contribution in [0, 0.1) is 10.8 Å². The van der Waals surface area contributed by atoms with E-state index in [0.717, 1.165) is 5.52 Å². The fraction of sp³-hybridized carbons (Fsp3) is 0.281. The van der Waals surface area contributed by atoms with Gasteiger partial charge >= 0.3 is 0 Å². The average Bonchev–Trinajstić information content (AvgIpc) is 2.88. The van der Waals surface area contributed by atoms with Gasteiger partial charge in [-0.2, -0.15) is 0 Å². The van der Waals surface area contributed by atoms with Gasteiger partial charge in [-0.3, -0.25) is 4.98 Å². The Morgan fingerprint density at radius 1 is 0.667 bits per heavy atom. The summed E-state index contributed by atoms with van der Waals surface area (Å²) in [5.41, 5.74) is 7.72. The minimum atomic E-state index is 0.345. The van der Waals surface area contributed by atoms with Gasteiger partial charge in [0.2, 0.25) is 0 Å². The third-order valence-electron chi connectivity index (χ3n) is 8.58. The molecular formula is C32H31N. The molecule has 0 radical (unpaired) electrons. The molecule has 1 atom stereocenters. The van der Waals surface area contributed by atoms with E-state index in [4.69, 9.17) is 0 Å². The van der Waals surface area contributed by atoms with Gasteiger partial charge in [0.15, 0.2) is 0 Å². The van der Waals surface area contributed by atoms with Crippen LogP contribution in [0.3, 0.4) is 0 Å². The summed E-state index contributed by atoms with van der Waals surface area (Å²) in [6.07, 6.45) is 13.3. The molecule has 0 saturated heterocycles. The maximum absolute atomic E-state index is 4.58. The van der Waals surface area contributed by atoms with E-state index in [-0.39, 0.29) is 0 Å². The van der Waals surface area contributed by atoms with E-state index in [1.807, 2.05) is 6.20 Å². The molecule has 1 unspecified atom stereocenters. The first kappa shape index (κ1) is 20.4. The Bertz CT molecular complexity index is 1240. The average molecular weight is 430 g/mol. The first-order valence-electron chi connectivity index (χ1n) is 12.4. The van der Waals surface area contributed by atoms with Crippen LogP contribution >= 0.6 is 0 Å².